The van der Waals surface area contributed by atoms with Crippen molar-refractivity contribution >= 4 is 11.0 Å². The molecule has 2 atom stereocenters. The molecule has 2 aromatic heterocycles. The third-order valence-electron chi connectivity index (χ3n) is 7.14. The number of hydrogen-bond donors (Lipinski definition) is 1. The number of ether oxygens (including phenoxy) is 2. The van der Waals surface area contributed by atoms with Crippen molar-refractivity contribution in [3.8, 4) is 23.1 Å². The van der Waals surface area contributed by atoms with Gasteiger partial charge in [0.1, 0.15) is 35.9 Å². The number of aliphatic hydroxyl groups excluding tert-OH is 1. The smallest absolute Gasteiger partial charge is 0.283 e. The number of piperidine rings is 1. The third-order valence-corrected chi connectivity index (χ3v) is 7.14. The topological polar surface area (TPSA) is 94.0 Å². The zero-order valence-electron chi connectivity index (χ0n) is 20.6. The van der Waals surface area contributed by atoms with Gasteiger partial charge < -0.3 is 28.3 Å². The summed E-state index contributed by atoms with van der Waals surface area (Å²) in [7, 11) is 0. The number of hydrogen-bond acceptors (Lipinski definition) is 8. The van der Waals surface area contributed by atoms with Crippen LogP contribution in [0.25, 0.3) is 22.6 Å². The van der Waals surface area contributed by atoms with E-state index in [0.717, 1.165) is 43.5 Å². The highest BCUT2D eigenvalue weighted by Crippen LogP contribution is 2.35. The Balaban J connectivity index is 1.02. The number of aliphatic hydroxyl groups is 1. The Morgan fingerprint density at radius 2 is 1.97 bits per heavy atom. The van der Waals surface area contributed by atoms with Gasteiger partial charge in [-0.25, -0.2) is 0 Å². The SMILES string of the molecule is Cc1nnc(-c2cc3c(OCC(O)CN4CCC(c5ccc6c(c5)C[C@H](C)O6)CC4)cccc3o2)o1. The molecular formula is C28H31N3O5. The molecule has 2 aliphatic heterocycles. The molecule has 1 unspecified atom stereocenters. The largest absolute Gasteiger partial charge is 0.490 e. The summed E-state index contributed by atoms with van der Waals surface area (Å²) in [6.45, 7) is 6.60. The first-order valence-corrected chi connectivity index (χ1v) is 12.7. The summed E-state index contributed by atoms with van der Waals surface area (Å²) in [6.07, 6.45) is 2.88. The van der Waals surface area contributed by atoms with E-state index in [1.807, 2.05) is 24.3 Å². The summed E-state index contributed by atoms with van der Waals surface area (Å²) in [5.41, 5.74) is 3.42. The molecule has 1 N–H and O–H groups in total. The van der Waals surface area contributed by atoms with E-state index in [1.165, 1.54) is 11.1 Å². The van der Waals surface area contributed by atoms with Gasteiger partial charge in [0, 0.05) is 26.0 Å². The normalized spacial score (nSPS) is 19.4. The number of fused-ring (bicyclic) bond motifs is 2. The first-order chi connectivity index (χ1) is 17.5. The van der Waals surface area contributed by atoms with Crippen molar-refractivity contribution in [2.45, 2.75) is 51.2 Å². The van der Waals surface area contributed by atoms with Gasteiger partial charge in [0.05, 0.1) is 5.39 Å². The van der Waals surface area contributed by atoms with Gasteiger partial charge in [-0.15, -0.1) is 10.2 Å². The van der Waals surface area contributed by atoms with Crippen LogP contribution in [0.4, 0.5) is 0 Å². The van der Waals surface area contributed by atoms with Crippen molar-refractivity contribution in [3.05, 3.63) is 59.5 Å². The molecule has 0 saturated carbocycles. The number of aromatic nitrogens is 2. The van der Waals surface area contributed by atoms with E-state index in [1.54, 1.807) is 6.92 Å². The van der Waals surface area contributed by atoms with E-state index in [4.69, 9.17) is 18.3 Å². The molecule has 0 bridgehead atoms. The quantitative estimate of drug-likeness (QED) is 0.398. The molecule has 4 aromatic rings. The van der Waals surface area contributed by atoms with Crippen LogP contribution in [0.2, 0.25) is 0 Å². The molecule has 0 aliphatic carbocycles. The van der Waals surface area contributed by atoms with Crippen LogP contribution in [-0.4, -0.2) is 58.7 Å². The molecule has 0 radical (unpaired) electrons. The van der Waals surface area contributed by atoms with E-state index in [0.29, 0.717) is 41.3 Å². The van der Waals surface area contributed by atoms with E-state index in [9.17, 15) is 5.11 Å². The van der Waals surface area contributed by atoms with Crippen molar-refractivity contribution in [2.75, 3.05) is 26.2 Å². The van der Waals surface area contributed by atoms with Gasteiger partial charge in [0.25, 0.3) is 5.89 Å². The summed E-state index contributed by atoms with van der Waals surface area (Å²) in [4.78, 5) is 2.33. The van der Waals surface area contributed by atoms with E-state index >= 15 is 0 Å². The van der Waals surface area contributed by atoms with Gasteiger partial charge in [0.15, 0.2) is 5.76 Å². The number of aryl methyl sites for hydroxylation is 1. The lowest BCUT2D eigenvalue weighted by Gasteiger charge is -2.33. The molecule has 2 aliphatic rings. The molecule has 0 amide bonds. The molecule has 1 saturated heterocycles. The highest BCUT2D eigenvalue weighted by Gasteiger charge is 2.25. The molecule has 36 heavy (non-hydrogen) atoms. The zero-order valence-corrected chi connectivity index (χ0v) is 20.6. The number of β-amino-alcohol motifs (C(OH)–C–C–N with tert-alkyl or cyclic N) is 1. The zero-order chi connectivity index (χ0) is 24.6. The Bertz CT molecular complexity index is 1350. The molecule has 8 heteroatoms. The molecule has 2 aromatic carbocycles. The Kier molecular flexibility index (Phi) is 6.15. The Hall–Kier alpha value is -3.36. The van der Waals surface area contributed by atoms with Crippen LogP contribution < -0.4 is 9.47 Å². The average molecular weight is 490 g/mol. The molecule has 4 heterocycles. The lowest BCUT2D eigenvalue weighted by Crippen LogP contribution is -2.40. The Morgan fingerprint density at radius 3 is 2.78 bits per heavy atom. The van der Waals surface area contributed by atoms with Crippen LogP contribution in [0.1, 0.15) is 42.7 Å². The second-order valence-corrected chi connectivity index (χ2v) is 9.94. The molecule has 0 spiro atoms. The lowest BCUT2D eigenvalue weighted by atomic mass is 9.88. The predicted molar refractivity (Wildman–Crippen MR) is 134 cm³/mol. The van der Waals surface area contributed by atoms with Gasteiger partial charge in [-0.1, -0.05) is 18.2 Å². The van der Waals surface area contributed by atoms with Crippen molar-refractivity contribution in [1.29, 1.82) is 0 Å². The molecule has 8 nitrogen and oxygen atoms in total. The van der Waals surface area contributed by atoms with Gasteiger partial charge in [0.2, 0.25) is 5.89 Å². The van der Waals surface area contributed by atoms with Crippen LogP contribution in [0.15, 0.2) is 51.3 Å². The molecule has 188 valence electrons. The van der Waals surface area contributed by atoms with Gasteiger partial charge >= 0.3 is 0 Å². The third kappa shape index (κ3) is 4.70. The number of rotatable bonds is 7. The van der Waals surface area contributed by atoms with Crippen molar-refractivity contribution < 1.29 is 23.4 Å². The maximum Gasteiger partial charge on any atom is 0.283 e. The van der Waals surface area contributed by atoms with Crippen LogP contribution in [0, 0.1) is 6.92 Å². The highest BCUT2D eigenvalue weighted by atomic mass is 16.5. The van der Waals surface area contributed by atoms with Gasteiger partial charge in [-0.3, -0.25) is 0 Å². The Morgan fingerprint density at radius 1 is 1.11 bits per heavy atom. The average Bonchev–Trinajstić information content (AvgIpc) is 3.59. The van der Waals surface area contributed by atoms with Gasteiger partial charge in [-0.2, -0.15) is 0 Å². The first-order valence-electron chi connectivity index (χ1n) is 12.7. The molecule has 6 rings (SSSR count). The highest BCUT2D eigenvalue weighted by molar-refractivity contribution is 5.87. The number of benzene rings is 2. The molecule has 1 fully saturated rings. The van der Waals surface area contributed by atoms with Crippen LogP contribution in [-0.2, 0) is 6.42 Å². The second kappa shape index (κ2) is 9.59. The summed E-state index contributed by atoms with van der Waals surface area (Å²) in [5, 5.41) is 19.4. The first kappa shape index (κ1) is 23.1. The Labute approximate surface area is 209 Å². The van der Waals surface area contributed by atoms with Crippen LogP contribution in [0.3, 0.4) is 0 Å². The minimum atomic E-state index is -0.583. The van der Waals surface area contributed by atoms with Gasteiger partial charge in [-0.05, 0) is 68.1 Å². The van der Waals surface area contributed by atoms with Crippen molar-refractivity contribution in [2.24, 2.45) is 0 Å². The summed E-state index contributed by atoms with van der Waals surface area (Å²) < 4.78 is 23.2. The van der Waals surface area contributed by atoms with E-state index < -0.39 is 6.10 Å². The fourth-order valence-electron chi connectivity index (χ4n) is 5.34. The summed E-state index contributed by atoms with van der Waals surface area (Å²) in [5.74, 6) is 3.57. The number of likely N-dealkylation sites (tertiary alicyclic amines) is 1. The summed E-state index contributed by atoms with van der Waals surface area (Å²) in [6, 6.07) is 14.1. The number of nitrogens with zero attached hydrogens (tertiary/aromatic N) is 3. The standard InChI is InChI=1S/C28H31N3O5/c1-17-12-21-13-20(6-7-24(21)34-17)19-8-10-31(11-9-19)15-22(32)16-33-25-4-3-5-26-23(25)14-27(36-26)28-30-29-18(2)35-28/h3-7,13-14,17,19,22,32H,8-12,15-16H2,1-2H3/t17-,22?/m0/s1. The fourth-order valence-corrected chi connectivity index (χ4v) is 5.34. The summed E-state index contributed by atoms with van der Waals surface area (Å²) >= 11 is 0. The van der Waals surface area contributed by atoms with Crippen molar-refractivity contribution in [3.63, 3.8) is 0 Å². The number of furan rings is 1. The lowest BCUT2D eigenvalue weighted by molar-refractivity contribution is 0.0599. The van der Waals surface area contributed by atoms with Crippen LogP contribution in [0.5, 0.6) is 11.5 Å². The van der Waals surface area contributed by atoms with E-state index in [2.05, 4.69) is 40.2 Å². The molecular weight excluding hydrogens is 458 g/mol. The predicted octanol–water partition coefficient (Wildman–Crippen LogP) is 4.73. The minimum absolute atomic E-state index is 0.211. The minimum Gasteiger partial charge on any atom is -0.490 e. The van der Waals surface area contributed by atoms with Crippen LogP contribution >= 0.6 is 0 Å². The second-order valence-electron chi connectivity index (χ2n) is 9.94. The maximum absolute atomic E-state index is 10.7. The monoisotopic (exact) mass is 489 g/mol. The van der Waals surface area contributed by atoms with Crippen molar-refractivity contribution in [1.82, 2.24) is 15.1 Å². The fraction of sp³-hybridized carbons (Fsp3) is 0.429. The maximum atomic E-state index is 10.7. The van der Waals surface area contributed by atoms with E-state index in [-0.39, 0.29) is 12.7 Å².